The van der Waals surface area contributed by atoms with E-state index in [9.17, 15) is 0 Å². The molecule has 4 heteroatoms. The van der Waals surface area contributed by atoms with E-state index < -0.39 is 0 Å². The molecule has 0 atom stereocenters. The van der Waals surface area contributed by atoms with Crippen LogP contribution in [0.3, 0.4) is 0 Å². The molecule has 1 aliphatic heterocycles. The number of rotatable bonds is 4. The van der Waals surface area contributed by atoms with Crippen LogP contribution < -0.4 is 10.1 Å². The first-order valence-electron chi connectivity index (χ1n) is 5.78. The lowest BCUT2D eigenvalue weighted by molar-refractivity contribution is 0.251. The molecular formula is C12H17BrN2O. The summed E-state index contributed by atoms with van der Waals surface area (Å²) in [6, 6.07) is 1.95. The minimum Gasteiger partial charge on any atom is -0.492 e. The summed E-state index contributed by atoms with van der Waals surface area (Å²) in [4.78, 5) is 4.07. The van der Waals surface area contributed by atoms with Gasteiger partial charge in [0.2, 0.25) is 0 Å². The van der Waals surface area contributed by atoms with Crippen LogP contribution in [-0.4, -0.2) is 24.7 Å². The van der Waals surface area contributed by atoms with Crippen molar-refractivity contribution in [3.05, 3.63) is 22.9 Å². The molecule has 16 heavy (non-hydrogen) atoms. The van der Waals surface area contributed by atoms with E-state index in [-0.39, 0.29) is 0 Å². The van der Waals surface area contributed by atoms with Gasteiger partial charge in [-0.2, -0.15) is 0 Å². The third-order valence-electron chi connectivity index (χ3n) is 2.93. The summed E-state index contributed by atoms with van der Waals surface area (Å²) in [5.74, 6) is 1.67. The average Bonchev–Trinajstić information content (AvgIpc) is 2.30. The van der Waals surface area contributed by atoms with Crippen molar-refractivity contribution in [1.82, 2.24) is 10.3 Å². The Hall–Kier alpha value is -0.610. The molecule has 3 nitrogen and oxygen atoms in total. The second-order valence-corrected chi connectivity index (χ2v) is 5.09. The van der Waals surface area contributed by atoms with Crippen LogP contribution in [0.5, 0.6) is 5.75 Å². The van der Waals surface area contributed by atoms with Crippen molar-refractivity contribution in [2.45, 2.75) is 19.3 Å². The summed E-state index contributed by atoms with van der Waals surface area (Å²) < 4.78 is 6.64. The van der Waals surface area contributed by atoms with E-state index in [1.807, 2.05) is 6.07 Å². The third-order valence-corrected chi connectivity index (χ3v) is 3.37. The van der Waals surface area contributed by atoms with Gasteiger partial charge < -0.3 is 10.1 Å². The molecule has 0 bridgehead atoms. The highest BCUT2D eigenvalue weighted by Crippen LogP contribution is 2.19. The molecule has 0 amide bonds. The van der Waals surface area contributed by atoms with Gasteiger partial charge in [-0.25, -0.2) is 0 Å². The van der Waals surface area contributed by atoms with Crippen molar-refractivity contribution in [3.63, 3.8) is 0 Å². The highest BCUT2D eigenvalue weighted by molar-refractivity contribution is 9.10. The highest BCUT2D eigenvalue weighted by Gasteiger charge is 2.12. The Bertz CT molecular complexity index is 327. The summed E-state index contributed by atoms with van der Waals surface area (Å²) in [5, 5.41) is 3.37. The monoisotopic (exact) mass is 284 g/mol. The number of ether oxygens (including phenoxy) is 1. The van der Waals surface area contributed by atoms with Gasteiger partial charge in [-0.05, 0) is 60.3 Å². The second-order valence-electron chi connectivity index (χ2n) is 4.17. The number of nitrogens with one attached hydrogen (secondary N) is 1. The SMILES string of the molecule is Brc1cncc(OCCC2CCNCC2)c1. The maximum Gasteiger partial charge on any atom is 0.138 e. The first-order chi connectivity index (χ1) is 7.84. The van der Waals surface area contributed by atoms with E-state index in [2.05, 4.69) is 26.2 Å². The number of aromatic nitrogens is 1. The van der Waals surface area contributed by atoms with Gasteiger partial charge in [0, 0.05) is 10.7 Å². The van der Waals surface area contributed by atoms with Crippen LogP contribution in [0.1, 0.15) is 19.3 Å². The molecule has 0 radical (unpaired) electrons. The summed E-state index contributed by atoms with van der Waals surface area (Å²) in [5.41, 5.74) is 0. The zero-order valence-electron chi connectivity index (χ0n) is 9.29. The Morgan fingerprint density at radius 3 is 2.94 bits per heavy atom. The molecular weight excluding hydrogens is 268 g/mol. The summed E-state index contributed by atoms with van der Waals surface area (Å²) in [6.07, 6.45) is 7.22. The molecule has 0 aromatic carbocycles. The minimum absolute atomic E-state index is 0.794. The normalized spacial score (nSPS) is 17.3. The third kappa shape index (κ3) is 3.76. The van der Waals surface area contributed by atoms with Crippen LogP contribution in [0.15, 0.2) is 22.9 Å². The largest absolute Gasteiger partial charge is 0.492 e. The quantitative estimate of drug-likeness (QED) is 0.923. The summed E-state index contributed by atoms with van der Waals surface area (Å²) >= 11 is 3.38. The maximum atomic E-state index is 5.68. The van der Waals surface area contributed by atoms with Gasteiger partial charge in [0.25, 0.3) is 0 Å². The number of hydrogen-bond donors (Lipinski definition) is 1. The minimum atomic E-state index is 0.794. The summed E-state index contributed by atoms with van der Waals surface area (Å²) in [6.45, 7) is 3.11. The van der Waals surface area contributed by atoms with Gasteiger partial charge in [-0.15, -0.1) is 0 Å². The molecule has 1 aliphatic rings. The lowest BCUT2D eigenvalue weighted by Crippen LogP contribution is -2.28. The van der Waals surface area contributed by atoms with Crippen molar-refractivity contribution in [3.8, 4) is 5.75 Å². The fourth-order valence-electron chi connectivity index (χ4n) is 1.99. The Labute approximate surface area is 105 Å². The fraction of sp³-hybridized carbons (Fsp3) is 0.583. The molecule has 1 aromatic heterocycles. The Balaban J connectivity index is 1.71. The molecule has 88 valence electrons. The Morgan fingerprint density at radius 1 is 1.38 bits per heavy atom. The van der Waals surface area contributed by atoms with Crippen molar-refractivity contribution in [1.29, 1.82) is 0 Å². The van der Waals surface area contributed by atoms with Crippen molar-refractivity contribution in [2.75, 3.05) is 19.7 Å². The van der Waals surface area contributed by atoms with Gasteiger partial charge in [0.05, 0.1) is 12.8 Å². The van der Waals surface area contributed by atoms with E-state index in [1.165, 1.54) is 12.8 Å². The molecule has 1 aromatic rings. The van der Waals surface area contributed by atoms with E-state index in [4.69, 9.17) is 4.74 Å². The van der Waals surface area contributed by atoms with Crippen molar-refractivity contribution < 1.29 is 4.74 Å². The first kappa shape index (κ1) is 11.9. The van der Waals surface area contributed by atoms with Crippen LogP contribution in [0.2, 0.25) is 0 Å². The number of piperidine rings is 1. The Kier molecular flexibility index (Phi) is 4.60. The Morgan fingerprint density at radius 2 is 2.19 bits per heavy atom. The second kappa shape index (κ2) is 6.21. The van der Waals surface area contributed by atoms with Crippen LogP contribution in [0.25, 0.3) is 0 Å². The predicted octanol–water partition coefficient (Wildman–Crippen LogP) is 2.61. The number of halogens is 1. The predicted molar refractivity (Wildman–Crippen MR) is 67.6 cm³/mol. The lowest BCUT2D eigenvalue weighted by atomic mass is 9.95. The molecule has 2 rings (SSSR count). The molecule has 0 spiro atoms. The van der Waals surface area contributed by atoms with Gasteiger partial charge in [0.15, 0.2) is 0 Å². The van der Waals surface area contributed by atoms with E-state index >= 15 is 0 Å². The molecule has 2 heterocycles. The highest BCUT2D eigenvalue weighted by atomic mass is 79.9. The van der Waals surface area contributed by atoms with Crippen molar-refractivity contribution >= 4 is 15.9 Å². The van der Waals surface area contributed by atoms with Gasteiger partial charge in [0.1, 0.15) is 5.75 Å². The van der Waals surface area contributed by atoms with E-state index in [1.54, 1.807) is 12.4 Å². The van der Waals surface area contributed by atoms with Gasteiger partial charge in [-0.1, -0.05) is 0 Å². The standard InChI is InChI=1S/C12H17BrN2O/c13-11-7-12(9-15-8-11)16-6-3-10-1-4-14-5-2-10/h7-10,14H,1-6H2. The van der Waals surface area contributed by atoms with Gasteiger partial charge in [-0.3, -0.25) is 4.98 Å². The topological polar surface area (TPSA) is 34.1 Å². The van der Waals surface area contributed by atoms with Crippen LogP contribution in [0, 0.1) is 5.92 Å². The summed E-state index contributed by atoms with van der Waals surface area (Å²) in [7, 11) is 0. The van der Waals surface area contributed by atoms with Gasteiger partial charge >= 0.3 is 0 Å². The number of hydrogen-bond acceptors (Lipinski definition) is 3. The maximum absolute atomic E-state index is 5.68. The van der Waals surface area contributed by atoms with Crippen LogP contribution >= 0.6 is 15.9 Å². The molecule has 1 fully saturated rings. The number of nitrogens with zero attached hydrogens (tertiary/aromatic N) is 1. The average molecular weight is 285 g/mol. The van der Waals surface area contributed by atoms with Crippen LogP contribution in [-0.2, 0) is 0 Å². The molecule has 1 saturated heterocycles. The molecule has 1 N–H and O–H groups in total. The lowest BCUT2D eigenvalue weighted by Gasteiger charge is -2.22. The molecule has 0 saturated carbocycles. The number of pyridine rings is 1. The van der Waals surface area contributed by atoms with Crippen molar-refractivity contribution in [2.24, 2.45) is 5.92 Å². The smallest absolute Gasteiger partial charge is 0.138 e. The van der Waals surface area contributed by atoms with E-state index in [0.29, 0.717) is 0 Å². The fourth-order valence-corrected chi connectivity index (χ4v) is 2.33. The zero-order chi connectivity index (χ0) is 11.2. The zero-order valence-corrected chi connectivity index (χ0v) is 10.9. The first-order valence-corrected chi connectivity index (χ1v) is 6.58. The van der Waals surface area contributed by atoms with Crippen LogP contribution in [0.4, 0.5) is 0 Å². The van der Waals surface area contributed by atoms with E-state index in [0.717, 1.165) is 42.3 Å². The molecule has 0 aliphatic carbocycles. The molecule has 0 unspecified atom stereocenters.